The second kappa shape index (κ2) is 7.52. The Balaban J connectivity index is 1.50. The van der Waals surface area contributed by atoms with Crippen LogP contribution in [0.2, 0.25) is 0 Å². The Labute approximate surface area is 155 Å². The third kappa shape index (κ3) is 3.68. The summed E-state index contributed by atoms with van der Waals surface area (Å²) in [6.07, 6.45) is 1.07. The maximum atomic E-state index is 12.3. The number of nitrogens with one attached hydrogen (secondary N) is 1. The van der Waals surface area contributed by atoms with Crippen molar-refractivity contribution >= 4 is 28.6 Å². The summed E-state index contributed by atoms with van der Waals surface area (Å²) in [5, 5.41) is 7.18. The Bertz CT molecular complexity index is 827. The molecule has 128 valence electrons. The zero-order valence-electron chi connectivity index (χ0n) is 13.9. The van der Waals surface area contributed by atoms with Crippen molar-refractivity contribution in [2.24, 2.45) is 0 Å². The fraction of sp³-hybridized carbons (Fsp3) is 0.250. The SMILES string of the molecule is O=C(NC[C@@H](c1cccs1)N1CCc2ccccc2C1)c1cccs1. The summed E-state index contributed by atoms with van der Waals surface area (Å²) in [6, 6.07) is 16.9. The molecule has 3 nitrogen and oxygen atoms in total. The highest BCUT2D eigenvalue weighted by atomic mass is 32.1. The number of fused-ring (bicyclic) bond motifs is 1. The predicted molar refractivity (Wildman–Crippen MR) is 104 cm³/mol. The molecule has 0 saturated carbocycles. The van der Waals surface area contributed by atoms with Crippen LogP contribution < -0.4 is 5.32 Å². The first-order valence-electron chi connectivity index (χ1n) is 8.47. The predicted octanol–water partition coefficient (Wildman–Crippen LogP) is 4.34. The topological polar surface area (TPSA) is 32.3 Å². The minimum Gasteiger partial charge on any atom is -0.349 e. The van der Waals surface area contributed by atoms with Gasteiger partial charge in [-0.2, -0.15) is 0 Å². The number of benzene rings is 1. The lowest BCUT2D eigenvalue weighted by atomic mass is 9.98. The van der Waals surface area contributed by atoms with Gasteiger partial charge in [-0.3, -0.25) is 9.69 Å². The van der Waals surface area contributed by atoms with Crippen LogP contribution in [0.15, 0.2) is 59.3 Å². The quantitative estimate of drug-likeness (QED) is 0.727. The number of rotatable bonds is 5. The lowest BCUT2D eigenvalue weighted by Crippen LogP contribution is -2.40. The lowest BCUT2D eigenvalue weighted by molar-refractivity contribution is 0.0933. The second-order valence-corrected chi connectivity index (χ2v) is 8.13. The molecule has 1 amide bonds. The Hall–Kier alpha value is -1.95. The van der Waals surface area contributed by atoms with E-state index in [0.717, 1.165) is 24.4 Å². The molecular formula is C20H20N2OS2. The summed E-state index contributed by atoms with van der Waals surface area (Å²) < 4.78 is 0. The third-order valence-electron chi connectivity index (χ3n) is 4.67. The Morgan fingerprint density at radius 3 is 2.60 bits per heavy atom. The van der Waals surface area contributed by atoms with Crippen molar-refractivity contribution in [1.82, 2.24) is 10.2 Å². The van der Waals surface area contributed by atoms with E-state index in [1.165, 1.54) is 27.3 Å². The van der Waals surface area contributed by atoms with Crippen LogP contribution in [0.1, 0.15) is 31.7 Å². The van der Waals surface area contributed by atoms with Gasteiger partial charge in [0.25, 0.3) is 5.91 Å². The Morgan fingerprint density at radius 1 is 1.04 bits per heavy atom. The molecule has 4 rings (SSSR count). The van der Waals surface area contributed by atoms with E-state index in [4.69, 9.17) is 0 Å². The van der Waals surface area contributed by atoms with E-state index >= 15 is 0 Å². The summed E-state index contributed by atoms with van der Waals surface area (Å²) in [5.74, 6) is 0.0222. The molecule has 0 bridgehead atoms. The van der Waals surface area contributed by atoms with Gasteiger partial charge in [-0.15, -0.1) is 22.7 Å². The molecule has 0 fully saturated rings. The van der Waals surface area contributed by atoms with Gasteiger partial charge in [0.1, 0.15) is 0 Å². The molecule has 1 N–H and O–H groups in total. The monoisotopic (exact) mass is 368 g/mol. The summed E-state index contributed by atoms with van der Waals surface area (Å²) in [4.78, 5) is 16.9. The van der Waals surface area contributed by atoms with Gasteiger partial charge in [-0.1, -0.05) is 36.4 Å². The molecule has 25 heavy (non-hydrogen) atoms. The van der Waals surface area contributed by atoms with Crippen molar-refractivity contribution < 1.29 is 4.79 Å². The van der Waals surface area contributed by atoms with E-state index in [0.29, 0.717) is 6.54 Å². The maximum Gasteiger partial charge on any atom is 0.261 e. The second-order valence-electron chi connectivity index (χ2n) is 6.21. The van der Waals surface area contributed by atoms with E-state index in [1.807, 2.05) is 17.5 Å². The van der Waals surface area contributed by atoms with Gasteiger partial charge in [0.15, 0.2) is 0 Å². The molecule has 1 aromatic carbocycles. The fourth-order valence-electron chi connectivity index (χ4n) is 3.36. The highest BCUT2D eigenvalue weighted by Gasteiger charge is 2.26. The first-order valence-corrected chi connectivity index (χ1v) is 10.2. The zero-order valence-corrected chi connectivity index (χ0v) is 15.5. The lowest BCUT2D eigenvalue weighted by Gasteiger charge is -2.35. The Kier molecular flexibility index (Phi) is 4.97. The van der Waals surface area contributed by atoms with Crippen LogP contribution in [0.5, 0.6) is 0 Å². The summed E-state index contributed by atoms with van der Waals surface area (Å²) >= 11 is 3.25. The number of amides is 1. The van der Waals surface area contributed by atoms with Gasteiger partial charge in [-0.25, -0.2) is 0 Å². The largest absolute Gasteiger partial charge is 0.349 e. The molecule has 1 aliphatic heterocycles. The van der Waals surface area contributed by atoms with Crippen molar-refractivity contribution in [1.29, 1.82) is 0 Å². The summed E-state index contributed by atoms with van der Waals surface area (Å²) in [5.41, 5.74) is 2.85. The van der Waals surface area contributed by atoms with Crippen LogP contribution in [0.3, 0.4) is 0 Å². The Morgan fingerprint density at radius 2 is 1.84 bits per heavy atom. The summed E-state index contributed by atoms with van der Waals surface area (Å²) in [6.45, 7) is 2.60. The number of hydrogen-bond donors (Lipinski definition) is 1. The number of hydrogen-bond acceptors (Lipinski definition) is 4. The van der Waals surface area contributed by atoms with Crippen molar-refractivity contribution in [3.63, 3.8) is 0 Å². The van der Waals surface area contributed by atoms with Crippen molar-refractivity contribution in [2.75, 3.05) is 13.1 Å². The van der Waals surface area contributed by atoms with Gasteiger partial charge in [0.2, 0.25) is 0 Å². The van der Waals surface area contributed by atoms with E-state index in [2.05, 4.69) is 52.0 Å². The van der Waals surface area contributed by atoms with Gasteiger partial charge >= 0.3 is 0 Å². The van der Waals surface area contributed by atoms with Gasteiger partial charge in [-0.05, 0) is 40.4 Å². The van der Waals surface area contributed by atoms with Gasteiger partial charge < -0.3 is 5.32 Å². The van der Waals surface area contributed by atoms with Crippen LogP contribution in [-0.2, 0) is 13.0 Å². The van der Waals surface area contributed by atoms with Crippen molar-refractivity contribution in [3.05, 3.63) is 80.2 Å². The van der Waals surface area contributed by atoms with Gasteiger partial charge in [0.05, 0.1) is 10.9 Å². The standard InChI is InChI=1S/C20H20N2OS2/c23-20(19-8-4-12-25-19)21-13-17(18-7-3-11-24-18)22-10-9-15-5-1-2-6-16(15)14-22/h1-8,11-12,17H,9-10,13-14H2,(H,21,23)/t17-/m0/s1. The molecule has 2 aromatic heterocycles. The summed E-state index contributed by atoms with van der Waals surface area (Å²) in [7, 11) is 0. The highest BCUT2D eigenvalue weighted by Crippen LogP contribution is 2.30. The van der Waals surface area contributed by atoms with Crippen LogP contribution in [0.25, 0.3) is 0 Å². The molecule has 0 spiro atoms. The van der Waals surface area contributed by atoms with E-state index < -0.39 is 0 Å². The van der Waals surface area contributed by atoms with Crippen LogP contribution in [0, 0.1) is 0 Å². The first-order chi connectivity index (χ1) is 12.3. The molecule has 0 unspecified atom stereocenters. The van der Waals surface area contributed by atoms with E-state index in [1.54, 1.807) is 11.3 Å². The third-order valence-corrected chi connectivity index (χ3v) is 6.52. The normalized spacial score (nSPS) is 15.5. The number of carbonyl (C=O) groups excluding carboxylic acids is 1. The molecule has 5 heteroatoms. The molecule has 3 heterocycles. The first kappa shape index (κ1) is 16.5. The molecule has 1 aliphatic rings. The number of thiophene rings is 2. The smallest absolute Gasteiger partial charge is 0.261 e. The average Bonchev–Trinajstić information content (AvgIpc) is 3.35. The molecule has 3 aromatic rings. The van der Waals surface area contributed by atoms with Crippen LogP contribution in [-0.4, -0.2) is 23.9 Å². The number of nitrogens with zero attached hydrogens (tertiary/aromatic N) is 1. The molecule has 0 saturated heterocycles. The minimum atomic E-state index is 0.0222. The molecular weight excluding hydrogens is 348 g/mol. The molecule has 1 atom stereocenters. The van der Waals surface area contributed by atoms with E-state index in [-0.39, 0.29) is 11.9 Å². The van der Waals surface area contributed by atoms with Crippen LogP contribution >= 0.6 is 22.7 Å². The van der Waals surface area contributed by atoms with Crippen LogP contribution in [0.4, 0.5) is 0 Å². The van der Waals surface area contributed by atoms with Gasteiger partial charge in [0, 0.05) is 24.5 Å². The van der Waals surface area contributed by atoms with Crippen molar-refractivity contribution in [3.8, 4) is 0 Å². The zero-order chi connectivity index (χ0) is 17.1. The molecule has 0 aliphatic carbocycles. The molecule has 0 radical (unpaired) electrons. The van der Waals surface area contributed by atoms with Crippen molar-refractivity contribution in [2.45, 2.75) is 19.0 Å². The highest BCUT2D eigenvalue weighted by molar-refractivity contribution is 7.12. The fourth-order valence-corrected chi connectivity index (χ4v) is 4.86. The minimum absolute atomic E-state index is 0.0222. The number of carbonyl (C=O) groups is 1. The van der Waals surface area contributed by atoms with E-state index in [9.17, 15) is 4.79 Å². The average molecular weight is 369 g/mol. The maximum absolute atomic E-state index is 12.3.